The van der Waals surface area contributed by atoms with Crippen LogP contribution in [-0.4, -0.2) is 26.8 Å². The number of hydrogen-bond acceptors (Lipinski definition) is 5. The van der Waals surface area contributed by atoms with Crippen LogP contribution in [0.2, 0.25) is 5.02 Å². The van der Waals surface area contributed by atoms with Gasteiger partial charge in [-0.25, -0.2) is 8.42 Å². The van der Waals surface area contributed by atoms with Crippen LogP contribution >= 0.6 is 11.6 Å². The summed E-state index contributed by atoms with van der Waals surface area (Å²) in [6.45, 7) is -1.11. The monoisotopic (exact) mass is 450 g/mol. The summed E-state index contributed by atoms with van der Waals surface area (Å²) in [7, 11) is -4.51. The topological polar surface area (TPSA) is 116 Å². The van der Waals surface area contributed by atoms with Gasteiger partial charge < -0.3 is 10.5 Å². The van der Waals surface area contributed by atoms with Crippen LogP contribution < -0.4 is 10.5 Å². The van der Waals surface area contributed by atoms with Crippen molar-refractivity contribution in [1.29, 1.82) is 0 Å². The van der Waals surface area contributed by atoms with Crippen molar-refractivity contribution in [1.82, 2.24) is 4.72 Å². The van der Waals surface area contributed by atoms with E-state index >= 15 is 0 Å². The second-order valence-electron chi connectivity index (χ2n) is 5.69. The molecule has 29 heavy (non-hydrogen) atoms. The van der Waals surface area contributed by atoms with Crippen molar-refractivity contribution in [2.24, 2.45) is 5.73 Å². The highest BCUT2D eigenvalue weighted by Crippen LogP contribution is 2.33. The summed E-state index contributed by atoms with van der Waals surface area (Å²) >= 11 is 5.69. The van der Waals surface area contributed by atoms with Gasteiger partial charge in [0.25, 0.3) is 0 Å². The molecule has 0 bridgehead atoms. The number of sulfonamides is 1. The van der Waals surface area contributed by atoms with Crippen molar-refractivity contribution in [3.8, 4) is 0 Å². The van der Waals surface area contributed by atoms with Crippen LogP contribution in [0.3, 0.4) is 0 Å². The van der Waals surface area contributed by atoms with Crippen LogP contribution in [0.25, 0.3) is 0 Å². The van der Waals surface area contributed by atoms with Crippen LogP contribution in [0.15, 0.2) is 47.4 Å². The lowest BCUT2D eigenvalue weighted by Crippen LogP contribution is -2.31. The lowest BCUT2D eigenvalue weighted by molar-refractivity contribution is -0.143. The lowest BCUT2D eigenvalue weighted by atomic mass is 10.1. The molecule has 0 saturated carbocycles. The molecule has 0 saturated heterocycles. The number of halogens is 4. The maximum Gasteiger partial charge on any atom is 0.416 e. The summed E-state index contributed by atoms with van der Waals surface area (Å²) in [6.07, 6.45) is -4.77. The SMILES string of the molecule is NC(=O)c1cccc(COC(=O)CNS(=O)(=O)c2cc(C(F)(F)F)ccc2Cl)c1. The Bertz CT molecular complexity index is 1040. The first kappa shape index (κ1) is 22.7. The van der Waals surface area contributed by atoms with Crippen molar-refractivity contribution in [2.75, 3.05) is 6.54 Å². The maximum atomic E-state index is 12.8. The minimum atomic E-state index is -4.77. The molecule has 0 aliphatic carbocycles. The fourth-order valence-electron chi connectivity index (χ4n) is 2.15. The zero-order valence-electron chi connectivity index (χ0n) is 14.5. The molecule has 156 valence electrons. The van der Waals surface area contributed by atoms with E-state index in [0.29, 0.717) is 17.7 Å². The fraction of sp³-hybridized carbons (Fsp3) is 0.176. The molecule has 2 aromatic carbocycles. The zero-order valence-corrected chi connectivity index (χ0v) is 16.1. The zero-order chi connectivity index (χ0) is 21.8. The molecule has 0 aromatic heterocycles. The number of alkyl halides is 3. The molecule has 7 nitrogen and oxygen atoms in total. The number of carbonyl (C=O) groups excluding carboxylic acids is 2. The Kier molecular flexibility index (Phi) is 6.88. The van der Waals surface area contributed by atoms with E-state index in [-0.39, 0.29) is 12.2 Å². The quantitative estimate of drug-likeness (QED) is 0.629. The number of carbonyl (C=O) groups is 2. The first-order chi connectivity index (χ1) is 13.4. The Morgan fingerprint density at radius 1 is 1.14 bits per heavy atom. The highest BCUT2D eigenvalue weighted by atomic mass is 35.5. The molecule has 0 aliphatic rings. The summed E-state index contributed by atoms with van der Waals surface area (Å²) in [5.41, 5.74) is 4.55. The molecule has 0 radical (unpaired) electrons. The number of rotatable bonds is 7. The third kappa shape index (κ3) is 6.17. The van der Waals surface area contributed by atoms with Crippen LogP contribution in [0, 0.1) is 0 Å². The van der Waals surface area contributed by atoms with Crippen molar-refractivity contribution in [3.05, 3.63) is 64.2 Å². The molecule has 2 rings (SSSR count). The number of nitrogens with two attached hydrogens (primary N) is 1. The molecule has 0 heterocycles. The van der Waals surface area contributed by atoms with Gasteiger partial charge in [-0.3, -0.25) is 9.59 Å². The Labute approximate surface area is 168 Å². The second-order valence-corrected chi connectivity index (χ2v) is 7.84. The van der Waals surface area contributed by atoms with E-state index < -0.39 is 50.1 Å². The van der Waals surface area contributed by atoms with E-state index in [1.165, 1.54) is 18.2 Å². The molecular formula is C17H14ClF3N2O5S. The molecule has 0 aliphatic heterocycles. The van der Waals surface area contributed by atoms with E-state index in [2.05, 4.69) is 0 Å². The number of ether oxygens (including phenoxy) is 1. The minimum Gasteiger partial charge on any atom is -0.460 e. The van der Waals surface area contributed by atoms with Crippen molar-refractivity contribution in [3.63, 3.8) is 0 Å². The highest BCUT2D eigenvalue weighted by Gasteiger charge is 2.32. The van der Waals surface area contributed by atoms with Crippen LogP contribution in [-0.2, 0) is 32.3 Å². The van der Waals surface area contributed by atoms with E-state index in [0.717, 1.165) is 6.07 Å². The standard InChI is InChI=1S/C17H14ClF3N2O5S/c18-13-5-4-12(17(19,20)21)7-14(13)29(26,27)23-8-15(24)28-9-10-2-1-3-11(6-10)16(22)25/h1-7,23H,8-9H2,(H2,22,25). The van der Waals surface area contributed by atoms with Gasteiger partial charge in [-0.2, -0.15) is 17.9 Å². The molecule has 0 fully saturated rings. The minimum absolute atomic E-state index is 0.193. The van der Waals surface area contributed by atoms with Gasteiger partial charge in [0.15, 0.2) is 0 Å². The molecule has 0 spiro atoms. The summed E-state index contributed by atoms with van der Waals surface area (Å²) in [4.78, 5) is 22.1. The predicted octanol–water partition coefficient (Wildman–Crippen LogP) is 2.48. The first-order valence-corrected chi connectivity index (χ1v) is 9.67. The van der Waals surface area contributed by atoms with Crippen molar-refractivity contribution in [2.45, 2.75) is 17.7 Å². The van der Waals surface area contributed by atoms with Crippen molar-refractivity contribution >= 4 is 33.5 Å². The molecule has 1 amide bonds. The smallest absolute Gasteiger partial charge is 0.416 e. The Morgan fingerprint density at radius 3 is 2.45 bits per heavy atom. The summed E-state index contributed by atoms with van der Waals surface area (Å²) in [5.74, 6) is -1.68. The normalized spacial score (nSPS) is 11.9. The van der Waals surface area contributed by atoms with E-state index in [1.807, 2.05) is 4.72 Å². The van der Waals surface area contributed by atoms with E-state index in [1.54, 1.807) is 6.07 Å². The molecule has 3 N–H and O–H groups in total. The predicted molar refractivity (Wildman–Crippen MR) is 96.4 cm³/mol. The Morgan fingerprint density at radius 2 is 1.83 bits per heavy atom. The molecule has 0 atom stereocenters. The Balaban J connectivity index is 2.02. The largest absolute Gasteiger partial charge is 0.460 e. The number of nitrogens with one attached hydrogen (secondary N) is 1. The molecule has 12 heteroatoms. The number of benzene rings is 2. The van der Waals surface area contributed by atoms with Gasteiger partial charge in [0.1, 0.15) is 18.0 Å². The third-order valence-electron chi connectivity index (χ3n) is 3.57. The van der Waals surface area contributed by atoms with Crippen LogP contribution in [0.4, 0.5) is 13.2 Å². The average molecular weight is 451 g/mol. The van der Waals surface area contributed by atoms with E-state index in [4.69, 9.17) is 22.1 Å². The number of hydrogen-bond donors (Lipinski definition) is 2. The Hall–Kier alpha value is -2.63. The number of amides is 1. The number of primary amides is 1. The van der Waals surface area contributed by atoms with Gasteiger partial charge in [-0.1, -0.05) is 23.7 Å². The summed E-state index contributed by atoms with van der Waals surface area (Å²) < 4.78 is 69.5. The van der Waals surface area contributed by atoms with Gasteiger partial charge in [-0.15, -0.1) is 0 Å². The first-order valence-electron chi connectivity index (χ1n) is 7.81. The summed E-state index contributed by atoms with van der Waals surface area (Å²) in [5, 5.41) is -0.442. The number of esters is 1. The third-order valence-corrected chi connectivity index (χ3v) is 5.45. The highest BCUT2D eigenvalue weighted by molar-refractivity contribution is 7.89. The second kappa shape index (κ2) is 8.80. The van der Waals surface area contributed by atoms with Crippen LogP contribution in [0.5, 0.6) is 0 Å². The van der Waals surface area contributed by atoms with Crippen LogP contribution in [0.1, 0.15) is 21.5 Å². The maximum absolute atomic E-state index is 12.8. The molecule has 0 unspecified atom stereocenters. The average Bonchev–Trinajstić information content (AvgIpc) is 2.64. The van der Waals surface area contributed by atoms with E-state index in [9.17, 15) is 31.2 Å². The van der Waals surface area contributed by atoms with Gasteiger partial charge in [0.2, 0.25) is 15.9 Å². The fourth-order valence-corrected chi connectivity index (χ4v) is 3.64. The van der Waals surface area contributed by atoms with Gasteiger partial charge in [0.05, 0.1) is 10.6 Å². The molecular weight excluding hydrogens is 437 g/mol. The molecule has 2 aromatic rings. The summed E-state index contributed by atoms with van der Waals surface area (Å²) in [6, 6.07) is 7.71. The van der Waals surface area contributed by atoms with Gasteiger partial charge >= 0.3 is 12.1 Å². The van der Waals surface area contributed by atoms with Gasteiger partial charge in [0, 0.05) is 5.56 Å². The van der Waals surface area contributed by atoms with Gasteiger partial charge in [-0.05, 0) is 35.9 Å². The van der Waals surface area contributed by atoms with Crippen molar-refractivity contribution < 1.29 is 35.9 Å². The lowest BCUT2D eigenvalue weighted by Gasteiger charge is -2.12.